The average molecular weight is 261 g/mol. The van der Waals surface area contributed by atoms with Gasteiger partial charge in [-0.05, 0) is 56.8 Å². The lowest BCUT2D eigenvalue weighted by Gasteiger charge is -2.44. The van der Waals surface area contributed by atoms with Gasteiger partial charge in [-0.15, -0.1) is 0 Å². The molecule has 0 spiro atoms. The van der Waals surface area contributed by atoms with Crippen molar-refractivity contribution >= 4 is 0 Å². The van der Waals surface area contributed by atoms with Gasteiger partial charge in [-0.25, -0.2) is 0 Å². The summed E-state index contributed by atoms with van der Waals surface area (Å²) in [6.07, 6.45) is 5.51. The molecule has 0 amide bonds. The van der Waals surface area contributed by atoms with E-state index in [2.05, 4.69) is 49.9 Å². The molecule has 0 heterocycles. The van der Waals surface area contributed by atoms with Crippen LogP contribution in [-0.2, 0) is 5.41 Å². The van der Waals surface area contributed by atoms with Gasteiger partial charge >= 0.3 is 0 Å². The molecule has 19 heavy (non-hydrogen) atoms. The van der Waals surface area contributed by atoms with E-state index < -0.39 is 0 Å². The Kier molecular flexibility index (Phi) is 6.06. The molecular weight excluding hydrogens is 230 g/mol. The monoisotopic (exact) mass is 261 g/mol. The second-order valence-electron chi connectivity index (χ2n) is 5.78. The Morgan fingerprint density at radius 2 is 1.63 bits per heavy atom. The molecule has 1 fully saturated rings. The van der Waals surface area contributed by atoms with Crippen molar-refractivity contribution in [1.29, 1.82) is 0 Å². The third-order valence-corrected chi connectivity index (χ3v) is 4.78. The summed E-state index contributed by atoms with van der Waals surface area (Å²) in [5.74, 6) is 0. The highest BCUT2D eigenvalue weighted by atomic mass is 15.1. The van der Waals surface area contributed by atoms with Crippen LogP contribution in [0.2, 0.25) is 0 Å². The van der Waals surface area contributed by atoms with E-state index in [0.717, 1.165) is 0 Å². The van der Waals surface area contributed by atoms with E-state index in [1.807, 2.05) is 0 Å². The number of nitrogens with zero attached hydrogens (tertiary/aromatic N) is 1. The van der Waals surface area contributed by atoms with Gasteiger partial charge in [-0.1, -0.05) is 57.5 Å². The van der Waals surface area contributed by atoms with Crippen LogP contribution in [0, 0.1) is 6.92 Å². The van der Waals surface area contributed by atoms with Gasteiger partial charge in [0.1, 0.15) is 0 Å². The molecule has 0 unspecified atom stereocenters. The van der Waals surface area contributed by atoms with Crippen molar-refractivity contribution < 1.29 is 0 Å². The maximum Gasteiger partial charge on any atom is -0.00105 e. The zero-order valence-corrected chi connectivity index (χ0v) is 12.2. The molecule has 2 rings (SSSR count). The minimum atomic E-state index is 0. The highest BCUT2D eigenvalue weighted by Gasteiger charge is 2.38. The van der Waals surface area contributed by atoms with Gasteiger partial charge in [-0.3, -0.25) is 0 Å². The summed E-state index contributed by atoms with van der Waals surface area (Å²) in [6.45, 7) is 10.3. The van der Waals surface area contributed by atoms with Crippen molar-refractivity contribution in [1.82, 2.24) is 4.90 Å². The highest BCUT2D eigenvalue weighted by Crippen LogP contribution is 2.46. The van der Waals surface area contributed by atoms with E-state index in [1.54, 1.807) is 5.56 Å². The van der Waals surface area contributed by atoms with E-state index in [9.17, 15) is 0 Å². The van der Waals surface area contributed by atoms with Gasteiger partial charge in [-0.2, -0.15) is 0 Å². The Balaban J connectivity index is 0.00000180. The Morgan fingerprint density at radius 3 is 2.05 bits per heavy atom. The standard InChI is InChI=1S/C17H27N.CH4/c1-4-18(5-2)14-13-17(11-6-12-17)16-9-7-15(3)8-10-16;/h7-10H,4-6,11-14H2,1-3H3;1H4. The third kappa shape index (κ3) is 3.60. The lowest BCUT2D eigenvalue weighted by atomic mass is 9.62. The molecular formula is C18H31N. The highest BCUT2D eigenvalue weighted by molar-refractivity contribution is 5.30. The molecule has 1 nitrogen and oxygen atoms in total. The van der Waals surface area contributed by atoms with Crippen molar-refractivity contribution in [2.75, 3.05) is 19.6 Å². The molecule has 0 bridgehead atoms. The fourth-order valence-electron chi connectivity index (χ4n) is 3.11. The predicted octanol–water partition coefficient (Wildman–Crippen LogP) is 4.78. The fourth-order valence-corrected chi connectivity index (χ4v) is 3.11. The smallest absolute Gasteiger partial charge is 0.00105 e. The zero-order valence-electron chi connectivity index (χ0n) is 12.2. The summed E-state index contributed by atoms with van der Waals surface area (Å²) in [4.78, 5) is 2.55. The topological polar surface area (TPSA) is 3.24 Å². The lowest BCUT2D eigenvalue weighted by molar-refractivity contribution is 0.183. The molecule has 0 N–H and O–H groups in total. The second-order valence-corrected chi connectivity index (χ2v) is 5.78. The van der Waals surface area contributed by atoms with Gasteiger partial charge in [0, 0.05) is 0 Å². The van der Waals surface area contributed by atoms with Crippen molar-refractivity contribution in [3.63, 3.8) is 0 Å². The Morgan fingerprint density at radius 1 is 1.05 bits per heavy atom. The van der Waals surface area contributed by atoms with Crippen LogP contribution in [-0.4, -0.2) is 24.5 Å². The number of aryl methyl sites for hydroxylation is 1. The maximum absolute atomic E-state index is 2.55. The first-order valence-corrected chi connectivity index (χ1v) is 7.49. The van der Waals surface area contributed by atoms with Gasteiger partial charge in [0.15, 0.2) is 0 Å². The first-order valence-electron chi connectivity index (χ1n) is 7.49. The Bertz CT molecular complexity index is 358. The molecule has 1 aliphatic rings. The third-order valence-electron chi connectivity index (χ3n) is 4.78. The molecule has 1 heteroatoms. The quantitative estimate of drug-likeness (QED) is 0.712. The first kappa shape index (κ1) is 16.2. The second kappa shape index (κ2) is 7.09. The van der Waals surface area contributed by atoms with Crippen molar-refractivity contribution in [3.05, 3.63) is 35.4 Å². The Labute approximate surface area is 120 Å². The molecule has 0 atom stereocenters. The van der Waals surface area contributed by atoms with E-state index in [0.29, 0.717) is 5.41 Å². The molecule has 0 aliphatic heterocycles. The summed E-state index contributed by atoms with van der Waals surface area (Å²) in [7, 11) is 0. The fraction of sp³-hybridized carbons (Fsp3) is 0.667. The molecule has 1 aromatic carbocycles. The lowest BCUT2D eigenvalue weighted by Crippen LogP contribution is -2.38. The predicted molar refractivity (Wildman–Crippen MR) is 85.8 cm³/mol. The van der Waals surface area contributed by atoms with Crippen molar-refractivity contribution in [2.45, 2.75) is 59.3 Å². The summed E-state index contributed by atoms with van der Waals surface area (Å²) in [5, 5.41) is 0. The molecule has 0 aromatic heterocycles. The van der Waals surface area contributed by atoms with Crippen LogP contribution in [0.25, 0.3) is 0 Å². The summed E-state index contributed by atoms with van der Waals surface area (Å²) in [6, 6.07) is 9.26. The number of hydrogen-bond acceptors (Lipinski definition) is 1. The summed E-state index contributed by atoms with van der Waals surface area (Å²) < 4.78 is 0. The number of benzene rings is 1. The average Bonchev–Trinajstić information content (AvgIpc) is 2.34. The minimum Gasteiger partial charge on any atom is -0.304 e. The van der Waals surface area contributed by atoms with Gasteiger partial charge in [0.05, 0.1) is 0 Å². The van der Waals surface area contributed by atoms with Crippen LogP contribution in [0.4, 0.5) is 0 Å². The number of hydrogen-bond donors (Lipinski definition) is 0. The summed E-state index contributed by atoms with van der Waals surface area (Å²) in [5.41, 5.74) is 3.44. The number of rotatable bonds is 6. The largest absolute Gasteiger partial charge is 0.304 e. The van der Waals surface area contributed by atoms with Gasteiger partial charge in [0.2, 0.25) is 0 Å². The van der Waals surface area contributed by atoms with Crippen LogP contribution in [0.5, 0.6) is 0 Å². The molecule has 0 saturated heterocycles. The summed E-state index contributed by atoms with van der Waals surface area (Å²) >= 11 is 0. The van der Waals surface area contributed by atoms with Crippen LogP contribution in [0.3, 0.4) is 0 Å². The maximum atomic E-state index is 2.55. The zero-order chi connectivity index (χ0) is 13.0. The normalized spacial score (nSPS) is 16.8. The van der Waals surface area contributed by atoms with Crippen molar-refractivity contribution in [2.24, 2.45) is 0 Å². The van der Waals surface area contributed by atoms with Crippen molar-refractivity contribution in [3.8, 4) is 0 Å². The van der Waals surface area contributed by atoms with Crippen LogP contribution >= 0.6 is 0 Å². The Hall–Kier alpha value is -0.820. The minimum absolute atomic E-state index is 0. The van der Waals surface area contributed by atoms with E-state index in [1.165, 1.54) is 50.9 Å². The van der Waals surface area contributed by atoms with E-state index in [-0.39, 0.29) is 7.43 Å². The van der Waals surface area contributed by atoms with Crippen LogP contribution in [0.15, 0.2) is 24.3 Å². The molecule has 108 valence electrons. The van der Waals surface area contributed by atoms with E-state index >= 15 is 0 Å². The van der Waals surface area contributed by atoms with Crippen LogP contribution in [0.1, 0.15) is 58.1 Å². The van der Waals surface area contributed by atoms with E-state index in [4.69, 9.17) is 0 Å². The van der Waals surface area contributed by atoms with Crippen LogP contribution < -0.4 is 0 Å². The first-order chi connectivity index (χ1) is 8.70. The molecule has 1 aromatic rings. The van der Waals surface area contributed by atoms with Gasteiger partial charge in [0.25, 0.3) is 0 Å². The SMILES string of the molecule is C.CCN(CC)CCC1(c2ccc(C)cc2)CCC1. The van der Waals surface area contributed by atoms with Gasteiger partial charge < -0.3 is 4.90 Å². The molecule has 1 aliphatic carbocycles. The molecule has 0 radical (unpaired) electrons. The molecule has 1 saturated carbocycles.